The number of halogens is 1. The predicted molar refractivity (Wildman–Crippen MR) is 62.5 cm³/mol. The Balaban J connectivity index is 2.22. The number of nitrogens with one attached hydrogen (secondary N) is 1. The normalized spacial score (nSPS) is 12.1. The molecule has 2 N–H and O–H groups in total. The van der Waals surface area contributed by atoms with Crippen LogP contribution < -0.4 is 5.32 Å². The Bertz CT molecular complexity index is 516. The van der Waals surface area contributed by atoms with Crippen molar-refractivity contribution in [3.05, 3.63) is 46.7 Å². The molecule has 4 nitrogen and oxygen atoms in total. The topological polar surface area (TPSA) is 62.2 Å². The molecule has 1 aromatic heterocycles. The van der Waals surface area contributed by atoms with E-state index in [4.69, 9.17) is 5.11 Å². The van der Waals surface area contributed by atoms with Crippen molar-refractivity contribution in [1.29, 1.82) is 0 Å². The second-order valence-corrected chi connectivity index (χ2v) is 4.06. The van der Waals surface area contributed by atoms with Crippen molar-refractivity contribution in [2.45, 2.75) is 6.04 Å². The van der Waals surface area contributed by atoms with Gasteiger partial charge >= 0.3 is 5.97 Å². The SMILES string of the molecule is O=C(O)C(Nc1cccc(F)c1)c1cscn1. The lowest BCUT2D eigenvalue weighted by atomic mass is 10.2. The molecule has 0 saturated carbocycles. The van der Waals surface area contributed by atoms with Gasteiger partial charge < -0.3 is 10.4 Å². The first kappa shape index (κ1) is 11.5. The average molecular weight is 252 g/mol. The highest BCUT2D eigenvalue weighted by Crippen LogP contribution is 2.20. The summed E-state index contributed by atoms with van der Waals surface area (Å²) in [5.74, 6) is -1.47. The summed E-state index contributed by atoms with van der Waals surface area (Å²) in [6.07, 6.45) is 0. The number of thiazole rings is 1. The highest BCUT2D eigenvalue weighted by Gasteiger charge is 2.21. The van der Waals surface area contributed by atoms with Crippen LogP contribution >= 0.6 is 11.3 Å². The molecule has 1 unspecified atom stereocenters. The molecular formula is C11H9FN2O2S. The summed E-state index contributed by atoms with van der Waals surface area (Å²) in [6, 6.07) is 4.68. The summed E-state index contributed by atoms with van der Waals surface area (Å²) in [4.78, 5) is 15.0. The van der Waals surface area contributed by atoms with E-state index in [9.17, 15) is 9.18 Å². The summed E-state index contributed by atoms with van der Waals surface area (Å²) in [6.45, 7) is 0. The molecule has 0 amide bonds. The molecule has 0 saturated heterocycles. The number of carboxylic acids is 1. The van der Waals surface area contributed by atoms with Gasteiger partial charge in [-0.25, -0.2) is 14.2 Å². The van der Waals surface area contributed by atoms with E-state index >= 15 is 0 Å². The van der Waals surface area contributed by atoms with Gasteiger partial charge in [0.15, 0.2) is 6.04 Å². The molecule has 1 aromatic carbocycles. The maximum absolute atomic E-state index is 13.0. The van der Waals surface area contributed by atoms with Crippen molar-refractivity contribution in [2.75, 3.05) is 5.32 Å². The number of carboxylic acid groups (broad SMARTS) is 1. The molecule has 0 fully saturated rings. The smallest absolute Gasteiger partial charge is 0.332 e. The summed E-state index contributed by atoms with van der Waals surface area (Å²) >= 11 is 1.31. The molecule has 1 atom stereocenters. The third-order valence-electron chi connectivity index (χ3n) is 2.13. The van der Waals surface area contributed by atoms with Gasteiger partial charge in [-0.15, -0.1) is 11.3 Å². The zero-order chi connectivity index (χ0) is 12.3. The van der Waals surface area contributed by atoms with Gasteiger partial charge in [0.25, 0.3) is 0 Å². The number of hydrogen-bond donors (Lipinski definition) is 2. The molecule has 0 aliphatic heterocycles. The number of aliphatic carboxylic acids is 1. The Kier molecular flexibility index (Phi) is 3.34. The van der Waals surface area contributed by atoms with Gasteiger partial charge in [-0.2, -0.15) is 0 Å². The van der Waals surface area contributed by atoms with Crippen LogP contribution in [0.25, 0.3) is 0 Å². The Morgan fingerprint density at radius 2 is 2.35 bits per heavy atom. The first-order valence-electron chi connectivity index (χ1n) is 4.80. The van der Waals surface area contributed by atoms with Gasteiger partial charge in [-0.1, -0.05) is 6.07 Å². The maximum atomic E-state index is 13.0. The Labute approximate surface area is 101 Å². The molecule has 17 heavy (non-hydrogen) atoms. The van der Waals surface area contributed by atoms with Crippen molar-refractivity contribution in [1.82, 2.24) is 4.98 Å². The van der Waals surface area contributed by atoms with E-state index in [1.54, 1.807) is 17.0 Å². The first-order valence-corrected chi connectivity index (χ1v) is 5.74. The minimum absolute atomic E-state index is 0.408. The largest absolute Gasteiger partial charge is 0.479 e. The quantitative estimate of drug-likeness (QED) is 0.877. The number of rotatable bonds is 4. The van der Waals surface area contributed by atoms with E-state index < -0.39 is 17.8 Å². The Morgan fingerprint density at radius 3 is 2.94 bits per heavy atom. The Morgan fingerprint density at radius 1 is 1.53 bits per heavy atom. The molecule has 0 radical (unpaired) electrons. The summed E-state index contributed by atoms with van der Waals surface area (Å²) in [5, 5.41) is 13.5. The fourth-order valence-corrected chi connectivity index (χ4v) is 1.95. The summed E-state index contributed by atoms with van der Waals surface area (Å²) in [7, 11) is 0. The molecule has 2 rings (SSSR count). The number of hydrogen-bond acceptors (Lipinski definition) is 4. The fourth-order valence-electron chi connectivity index (χ4n) is 1.37. The van der Waals surface area contributed by atoms with Crippen molar-refractivity contribution >= 4 is 23.0 Å². The van der Waals surface area contributed by atoms with E-state index in [1.807, 2.05) is 0 Å². The molecule has 1 heterocycles. The zero-order valence-corrected chi connectivity index (χ0v) is 9.45. The van der Waals surface area contributed by atoms with Crippen molar-refractivity contribution in [3.8, 4) is 0 Å². The van der Waals surface area contributed by atoms with E-state index in [2.05, 4.69) is 10.3 Å². The summed E-state index contributed by atoms with van der Waals surface area (Å²) < 4.78 is 13.0. The van der Waals surface area contributed by atoms with Gasteiger partial charge in [0.2, 0.25) is 0 Å². The van der Waals surface area contributed by atoms with Gasteiger partial charge in [-0.05, 0) is 18.2 Å². The third-order valence-corrected chi connectivity index (χ3v) is 2.73. The standard InChI is InChI=1S/C11H9FN2O2S/c12-7-2-1-3-8(4-7)14-10(11(15)16)9-5-17-6-13-9/h1-6,10,14H,(H,15,16). The van der Waals surface area contributed by atoms with Crippen molar-refractivity contribution < 1.29 is 14.3 Å². The van der Waals surface area contributed by atoms with Crippen LogP contribution in [0.1, 0.15) is 11.7 Å². The van der Waals surface area contributed by atoms with Crippen LogP contribution in [-0.2, 0) is 4.79 Å². The summed E-state index contributed by atoms with van der Waals surface area (Å²) in [5.41, 5.74) is 2.37. The average Bonchev–Trinajstić information content (AvgIpc) is 2.78. The lowest BCUT2D eigenvalue weighted by Gasteiger charge is -2.13. The van der Waals surface area contributed by atoms with Crippen molar-refractivity contribution in [3.63, 3.8) is 0 Å². The predicted octanol–water partition coefficient (Wildman–Crippen LogP) is 2.52. The molecule has 0 aliphatic rings. The minimum Gasteiger partial charge on any atom is -0.479 e. The molecule has 0 bridgehead atoms. The van der Waals surface area contributed by atoms with E-state index in [-0.39, 0.29) is 0 Å². The van der Waals surface area contributed by atoms with Crippen LogP contribution in [-0.4, -0.2) is 16.1 Å². The first-order chi connectivity index (χ1) is 8.16. The number of aromatic nitrogens is 1. The van der Waals surface area contributed by atoms with Crippen LogP contribution in [0.15, 0.2) is 35.2 Å². The molecular weight excluding hydrogens is 243 g/mol. The minimum atomic E-state index is -1.06. The second kappa shape index (κ2) is 4.92. The molecule has 0 spiro atoms. The van der Waals surface area contributed by atoms with Crippen LogP contribution in [0.5, 0.6) is 0 Å². The Hall–Kier alpha value is -1.95. The lowest BCUT2D eigenvalue weighted by molar-refractivity contribution is -0.138. The molecule has 0 aliphatic carbocycles. The number of anilines is 1. The van der Waals surface area contributed by atoms with Crippen LogP contribution in [0.3, 0.4) is 0 Å². The van der Waals surface area contributed by atoms with Gasteiger partial charge in [0, 0.05) is 11.1 Å². The van der Waals surface area contributed by atoms with Crippen LogP contribution in [0.4, 0.5) is 10.1 Å². The lowest BCUT2D eigenvalue weighted by Crippen LogP contribution is -2.20. The van der Waals surface area contributed by atoms with E-state index in [0.717, 1.165) is 0 Å². The highest BCUT2D eigenvalue weighted by atomic mass is 32.1. The zero-order valence-electron chi connectivity index (χ0n) is 8.63. The van der Waals surface area contributed by atoms with Crippen LogP contribution in [0, 0.1) is 5.82 Å². The van der Waals surface area contributed by atoms with Gasteiger partial charge in [0.1, 0.15) is 5.82 Å². The van der Waals surface area contributed by atoms with Crippen LogP contribution in [0.2, 0.25) is 0 Å². The number of carbonyl (C=O) groups is 1. The van der Waals surface area contributed by atoms with Crippen molar-refractivity contribution in [2.24, 2.45) is 0 Å². The molecule has 2 aromatic rings. The van der Waals surface area contributed by atoms with Gasteiger partial charge in [-0.3, -0.25) is 0 Å². The van der Waals surface area contributed by atoms with E-state index in [1.165, 1.54) is 29.5 Å². The van der Waals surface area contributed by atoms with Gasteiger partial charge in [0.05, 0.1) is 11.2 Å². The molecule has 88 valence electrons. The monoisotopic (exact) mass is 252 g/mol. The fraction of sp³-hybridized carbons (Fsp3) is 0.0909. The molecule has 6 heteroatoms. The van der Waals surface area contributed by atoms with E-state index in [0.29, 0.717) is 11.4 Å². The number of benzene rings is 1. The third kappa shape index (κ3) is 2.79. The second-order valence-electron chi connectivity index (χ2n) is 3.34. The highest BCUT2D eigenvalue weighted by molar-refractivity contribution is 7.07. The number of nitrogens with zero attached hydrogens (tertiary/aromatic N) is 1. The maximum Gasteiger partial charge on any atom is 0.332 e.